The molecule has 2 amide bonds. The number of piperidine rings is 1. The second-order valence-corrected chi connectivity index (χ2v) is 10.4. The molecular formula is C28H31N5O5. The number of methoxy groups -OCH3 is 1. The first-order valence-electron chi connectivity index (χ1n) is 12.6. The second kappa shape index (κ2) is 9.85. The zero-order valence-corrected chi connectivity index (χ0v) is 21.9. The summed E-state index contributed by atoms with van der Waals surface area (Å²) in [7, 11) is 1.52. The number of H-pyrrole nitrogens is 1. The predicted molar refractivity (Wildman–Crippen MR) is 144 cm³/mol. The molecule has 198 valence electrons. The van der Waals surface area contributed by atoms with E-state index in [9.17, 15) is 14.4 Å². The largest absolute Gasteiger partial charge is 0.496 e. The number of para-hydroxylation sites is 1. The van der Waals surface area contributed by atoms with Crippen molar-refractivity contribution in [1.82, 2.24) is 19.5 Å². The Hall–Kier alpha value is -4.34. The number of ether oxygens (including phenoxy) is 2. The van der Waals surface area contributed by atoms with E-state index < -0.39 is 5.60 Å². The number of nitrogens with one attached hydrogen (secondary N) is 2. The van der Waals surface area contributed by atoms with E-state index in [2.05, 4.69) is 10.3 Å². The Bertz CT molecular complexity index is 1570. The minimum absolute atomic E-state index is 0.0272. The Morgan fingerprint density at radius 3 is 2.53 bits per heavy atom. The van der Waals surface area contributed by atoms with Gasteiger partial charge < -0.3 is 24.7 Å². The Morgan fingerprint density at radius 1 is 1.08 bits per heavy atom. The van der Waals surface area contributed by atoms with Gasteiger partial charge in [0.1, 0.15) is 17.0 Å². The average Bonchev–Trinajstić information content (AvgIpc) is 3.26. The molecular weight excluding hydrogens is 486 g/mol. The number of fused-ring (bicyclic) bond motifs is 3. The first kappa shape index (κ1) is 25.3. The lowest BCUT2D eigenvalue weighted by atomic mass is 9.93. The van der Waals surface area contributed by atoms with Gasteiger partial charge in [0.05, 0.1) is 35.0 Å². The number of aromatic amines is 1. The van der Waals surface area contributed by atoms with Gasteiger partial charge in [0, 0.05) is 25.1 Å². The van der Waals surface area contributed by atoms with Gasteiger partial charge in [-0.25, -0.2) is 9.31 Å². The SMILES string of the molecule is COc1ccccc1C(=O)Nc1cccc2nn3c(C4CCN(C(=O)OC(C)(C)C)CC4)cc(=O)[nH]c3c12. The Kier molecular flexibility index (Phi) is 6.56. The monoisotopic (exact) mass is 517 g/mol. The number of likely N-dealkylation sites (tertiary alicyclic amines) is 1. The predicted octanol–water partition coefficient (Wildman–Crippen LogP) is 4.55. The Labute approximate surface area is 219 Å². The molecule has 10 heteroatoms. The van der Waals surface area contributed by atoms with E-state index >= 15 is 0 Å². The second-order valence-electron chi connectivity index (χ2n) is 10.4. The number of aromatic nitrogens is 3. The van der Waals surface area contributed by atoms with Gasteiger partial charge in [0.2, 0.25) is 0 Å². The van der Waals surface area contributed by atoms with Crippen LogP contribution >= 0.6 is 0 Å². The number of benzene rings is 2. The van der Waals surface area contributed by atoms with Crippen LogP contribution in [0.2, 0.25) is 0 Å². The highest BCUT2D eigenvalue weighted by Crippen LogP contribution is 2.32. The third kappa shape index (κ3) is 4.93. The molecule has 0 saturated carbocycles. The van der Waals surface area contributed by atoms with E-state index in [1.807, 2.05) is 32.9 Å². The minimum atomic E-state index is -0.555. The molecule has 3 heterocycles. The summed E-state index contributed by atoms with van der Waals surface area (Å²) in [5, 5.41) is 8.37. The van der Waals surface area contributed by atoms with Gasteiger partial charge in [0.15, 0.2) is 0 Å². The molecule has 1 fully saturated rings. The maximum Gasteiger partial charge on any atom is 0.410 e. The quantitative estimate of drug-likeness (QED) is 0.410. The Morgan fingerprint density at radius 2 is 1.82 bits per heavy atom. The van der Waals surface area contributed by atoms with Crippen molar-refractivity contribution in [3.63, 3.8) is 0 Å². The maximum atomic E-state index is 13.1. The van der Waals surface area contributed by atoms with Crippen molar-refractivity contribution in [2.24, 2.45) is 0 Å². The third-order valence-corrected chi connectivity index (χ3v) is 6.63. The molecule has 0 spiro atoms. The number of rotatable bonds is 4. The molecule has 10 nitrogen and oxygen atoms in total. The molecule has 0 aliphatic carbocycles. The van der Waals surface area contributed by atoms with E-state index in [1.165, 1.54) is 7.11 Å². The average molecular weight is 518 g/mol. The van der Waals surface area contributed by atoms with Crippen molar-refractivity contribution < 1.29 is 19.1 Å². The standard InChI is InChI=1S/C28H31N5O5/c1-28(2,3)38-27(36)32-14-12-17(13-15-32)21-16-23(34)30-25-24-19(9-7-10-20(24)31-33(21)25)29-26(35)18-8-5-6-11-22(18)37-4/h5-11,16-17H,12-15H2,1-4H3,(H,29,35)(H,30,34). The molecule has 1 saturated heterocycles. The zero-order valence-electron chi connectivity index (χ0n) is 21.9. The van der Waals surface area contributed by atoms with E-state index in [-0.39, 0.29) is 23.5 Å². The fraction of sp³-hybridized carbons (Fsp3) is 0.357. The number of carbonyl (C=O) groups is 2. The summed E-state index contributed by atoms with van der Waals surface area (Å²) >= 11 is 0. The Balaban J connectivity index is 1.47. The van der Waals surface area contributed by atoms with Gasteiger partial charge in [0.25, 0.3) is 11.5 Å². The van der Waals surface area contributed by atoms with Crippen LogP contribution in [0.3, 0.4) is 0 Å². The third-order valence-electron chi connectivity index (χ3n) is 6.63. The van der Waals surface area contributed by atoms with Gasteiger partial charge in [-0.2, -0.15) is 5.10 Å². The van der Waals surface area contributed by atoms with Gasteiger partial charge >= 0.3 is 6.09 Å². The van der Waals surface area contributed by atoms with Crippen molar-refractivity contribution in [3.05, 3.63) is 70.1 Å². The van der Waals surface area contributed by atoms with Crippen LogP contribution in [0.25, 0.3) is 16.6 Å². The van der Waals surface area contributed by atoms with Gasteiger partial charge in [-0.3, -0.25) is 9.59 Å². The summed E-state index contributed by atoms with van der Waals surface area (Å²) in [6.45, 7) is 6.59. The molecule has 2 aromatic heterocycles. The van der Waals surface area contributed by atoms with Crippen molar-refractivity contribution in [1.29, 1.82) is 0 Å². The first-order chi connectivity index (χ1) is 18.1. The smallest absolute Gasteiger partial charge is 0.410 e. The van der Waals surface area contributed by atoms with Crippen molar-refractivity contribution >= 4 is 34.2 Å². The van der Waals surface area contributed by atoms with Gasteiger partial charge in [-0.1, -0.05) is 18.2 Å². The molecule has 0 unspecified atom stereocenters. The summed E-state index contributed by atoms with van der Waals surface area (Å²) < 4.78 is 12.6. The van der Waals surface area contributed by atoms with E-state index in [1.54, 1.807) is 45.8 Å². The molecule has 5 rings (SSSR count). The number of hydrogen-bond acceptors (Lipinski definition) is 6. The van der Waals surface area contributed by atoms with Crippen molar-refractivity contribution in [2.45, 2.75) is 45.1 Å². The van der Waals surface area contributed by atoms with E-state index in [4.69, 9.17) is 14.6 Å². The number of carbonyl (C=O) groups excluding carboxylic acids is 2. The topological polar surface area (TPSA) is 118 Å². The van der Waals surface area contributed by atoms with Crippen LogP contribution in [-0.4, -0.2) is 57.3 Å². The maximum absolute atomic E-state index is 13.1. The highest BCUT2D eigenvalue weighted by Gasteiger charge is 2.29. The molecule has 4 aromatic rings. The number of anilines is 1. The van der Waals surface area contributed by atoms with Crippen LogP contribution < -0.4 is 15.6 Å². The molecule has 1 aliphatic rings. The normalized spacial score (nSPS) is 14.6. The van der Waals surface area contributed by atoms with Crippen LogP contribution in [0.5, 0.6) is 5.75 Å². The summed E-state index contributed by atoms with van der Waals surface area (Å²) in [4.78, 5) is 43.0. The summed E-state index contributed by atoms with van der Waals surface area (Å²) in [6, 6.07) is 14.0. The molecule has 38 heavy (non-hydrogen) atoms. The number of hydrogen-bond donors (Lipinski definition) is 2. The lowest BCUT2D eigenvalue weighted by molar-refractivity contribution is 0.0203. The highest BCUT2D eigenvalue weighted by molar-refractivity contribution is 6.12. The highest BCUT2D eigenvalue weighted by atomic mass is 16.6. The van der Waals surface area contributed by atoms with Crippen LogP contribution in [0.15, 0.2) is 53.3 Å². The number of amides is 2. The first-order valence-corrected chi connectivity index (χ1v) is 12.6. The summed E-state index contributed by atoms with van der Waals surface area (Å²) in [6.07, 6.45) is 1.02. The molecule has 2 N–H and O–H groups in total. The molecule has 1 aliphatic heterocycles. The van der Waals surface area contributed by atoms with Crippen LogP contribution in [0, 0.1) is 0 Å². The van der Waals surface area contributed by atoms with Gasteiger partial charge in [-0.05, 0) is 57.9 Å². The lowest BCUT2D eigenvalue weighted by Gasteiger charge is -2.33. The fourth-order valence-electron chi connectivity index (χ4n) is 4.89. The molecule has 2 aromatic carbocycles. The summed E-state index contributed by atoms with van der Waals surface area (Å²) in [5.41, 5.74) is 2.03. The summed E-state index contributed by atoms with van der Waals surface area (Å²) in [5.74, 6) is 0.159. The zero-order chi connectivity index (χ0) is 27.0. The van der Waals surface area contributed by atoms with Crippen molar-refractivity contribution in [2.75, 3.05) is 25.5 Å². The lowest BCUT2D eigenvalue weighted by Crippen LogP contribution is -2.41. The fourth-order valence-corrected chi connectivity index (χ4v) is 4.89. The van der Waals surface area contributed by atoms with E-state index in [0.717, 1.165) is 5.69 Å². The van der Waals surface area contributed by atoms with Crippen LogP contribution in [0.1, 0.15) is 55.6 Å². The van der Waals surface area contributed by atoms with Crippen LogP contribution in [-0.2, 0) is 4.74 Å². The van der Waals surface area contributed by atoms with Crippen molar-refractivity contribution in [3.8, 4) is 5.75 Å². The van der Waals surface area contributed by atoms with Crippen LogP contribution in [0.4, 0.5) is 10.5 Å². The van der Waals surface area contributed by atoms with E-state index in [0.29, 0.717) is 59.5 Å². The minimum Gasteiger partial charge on any atom is -0.496 e. The molecule has 0 atom stereocenters. The van der Waals surface area contributed by atoms with Gasteiger partial charge in [-0.15, -0.1) is 0 Å². The molecule has 0 radical (unpaired) electrons. The molecule has 0 bridgehead atoms. The number of nitrogens with zero attached hydrogens (tertiary/aromatic N) is 3.